The number of phenolic OH excluding ortho intramolecular Hbond substituents is 1. The summed E-state index contributed by atoms with van der Waals surface area (Å²) in [6.45, 7) is 9.14. The Morgan fingerprint density at radius 3 is 2.57 bits per heavy atom. The van der Waals surface area contributed by atoms with Gasteiger partial charge in [-0.15, -0.1) is 0 Å². The topological polar surface area (TPSA) is 59.7 Å². The third-order valence-electron chi connectivity index (χ3n) is 3.97. The molecule has 0 saturated carbocycles. The zero-order chi connectivity index (χ0) is 15.2. The number of nitrogens with zero attached hydrogens (tertiary/aromatic N) is 3. The molecule has 5 heteroatoms. The number of para-hydroxylation sites is 1. The fourth-order valence-corrected chi connectivity index (χ4v) is 2.72. The van der Waals surface area contributed by atoms with Crippen molar-refractivity contribution in [1.29, 1.82) is 5.26 Å². The van der Waals surface area contributed by atoms with Gasteiger partial charge in [0.1, 0.15) is 6.04 Å². The Bertz CT molecular complexity index is 505. The highest BCUT2D eigenvalue weighted by atomic mass is 16.5. The smallest absolute Gasteiger partial charge is 0.163 e. The van der Waals surface area contributed by atoms with Gasteiger partial charge in [0.2, 0.25) is 0 Å². The van der Waals surface area contributed by atoms with E-state index in [1.165, 1.54) is 0 Å². The highest BCUT2D eigenvalue weighted by Crippen LogP contribution is 2.36. The minimum atomic E-state index is -0.426. The third-order valence-corrected chi connectivity index (χ3v) is 3.97. The Labute approximate surface area is 126 Å². The summed E-state index contributed by atoms with van der Waals surface area (Å²) in [6.07, 6.45) is 0. The summed E-state index contributed by atoms with van der Waals surface area (Å²) >= 11 is 0. The molecule has 0 radical (unpaired) electrons. The van der Waals surface area contributed by atoms with E-state index in [4.69, 9.17) is 4.74 Å². The Morgan fingerprint density at radius 1 is 1.29 bits per heavy atom. The molecular weight excluding hydrogens is 266 g/mol. The van der Waals surface area contributed by atoms with E-state index in [9.17, 15) is 10.4 Å². The first-order valence-corrected chi connectivity index (χ1v) is 7.51. The van der Waals surface area contributed by atoms with Crippen molar-refractivity contribution in [3.05, 3.63) is 23.8 Å². The number of piperazine rings is 1. The monoisotopic (exact) mass is 289 g/mol. The first-order chi connectivity index (χ1) is 10.2. The van der Waals surface area contributed by atoms with Gasteiger partial charge in [0, 0.05) is 31.7 Å². The van der Waals surface area contributed by atoms with Crippen LogP contribution in [0.2, 0.25) is 0 Å². The van der Waals surface area contributed by atoms with Crippen molar-refractivity contribution >= 4 is 0 Å². The molecule has 1 unspecified atom stereocenters. The van der Waals surface area contributed by atoms with Crippen LogP contribution >= 0.6 is 0 Å². The second-order valence-corrected chi connectivity index (χ2v) is 5.13. The predicted octanol–water partition coefficient (Wildman–Crippen LogP) is 1.99. The molecule has 21 heavy (non-hydrogen) atoms. The second kappa shape index (κ2) is 7.30. The van der Waals surface area contributed by atoms with E-state index in [1.807, 2.05) is 13.0 Å². The van der Waals surface area contributed by atoms with Crippen molar-refractivity contribution in [2.75, 3.05) is 39.3 Å². The number of hydrogen-bond acceptors (Lipinski definition) is 5. The normalized spacial score (nSPS) is 18.1. The van der Waals surface area contributed by atoms with Crippen molar-refractivity contribution in [3.8, 4) is 17.6 Å². The molecule has 1 atom stereocenters. The van der Waals surface area contributed by atoms with Crippen molar-refractivity contribution in [2.24, 2.45) is 0 Å². The lowest BCUT2D eigenvalue weighted by Gasteiger charge is -2.36. The van der Waals surface area contributed by atoms with Crippen molar-refractivity contribution in [1.82, 2.24) is 9.80 Å². The molecule has 1 saturated heterocycles. The molecule has 0 spiro atoms. The zero-order valence-electron chi connectivity index (χ0n) is 12.7. The maximum atomic E-state index is 10.3. The molecule has 0 aromatic heterocycles. The van der Waals surface area contributed by atoms with E-state index in [1.54, 1.807) is 12.1 Å². The first-order valence-electron chi connectivity index (χ1n) is 7.51. The van der Waals surface area contributed by atoms with Crippen LogP contribution in [0.5, 0.6) is 11.5 Å². The van der Waals surface area contributed by atoms with Crippen LogP contribution in [0.3, 0.4) is 0 Å². The second-order valence-electron chi connectivity index (χ2n) is 5.13. The number of hydrogen-bond donors (Lipinski definition) is 1. The SMILES string of the molecule is CCOc1cccc(C(C#N)N2CCN(CC)CC2)c1O. The molecule has 1 aliphatic heterocycles. The number of nitriles is 1. The van der Waals surface area contributed by atoms with E-state index in [0.717, 1.165) is 32.7 Å². The molecule has 1 aromatic carbocycles. The van der Waals surface area contributed by atoms with E-state index in [2.05, 4.69) is 22.8 Å². The lowest BCUT2D eigenvalue weighted by Crippen LogP contribution is -2.47. The van der Waals surface area contributed by atoms with Crippen LogP contribution in [0, 0.1) is 11.3 Å². The van der Waals surface area contributed by atoms with Crippen LogP contribution in [0.25, 0.3) is 0 Å². The van der Waals surface area contributed by atoms with Gasteiger partial charge < -0.3 is 14.7 Å². The molecule has 0 bridgehead atoms. The van der Waals surface area contributed by atoms with Gasteiger partial charge >= 0.3 is 0 Å². The number of benzene rings is 1. The van der Waals surface area contributed by atoms with E-state index >= 15 is 0 Å². The van der Waals surface area contributed by atoms with Crippen molar-refractivity contribution in [2.45, 2.75) is 19.9 Å². The summed E-state index contributed by atoms with van der Waals surface area (Å²) in [4.78, 5) is 4.48. The molecular formula is C16H23N3O2. The molecule has 5 nitrogen and oxygen atoms in total. The quantitative estimate of drug-likeness (QED) is 0.898. The van der Waals surface area contributed by atoms with Gasteiger partial charge in [0.05, 0.1) is 12.7 Å². The standard InChI is InChI=1S/C16H23N3O2/c1-3-18-8-10-19(11-9-18)14(12-17)13-6-5-7-15(16(13)20)21-4-2/h5-7,14,20H,3-4,8-11H2,1-2H3. The predicted molar refractivity (Wildman–Crippen MR) is 81.3 cm³/mol. The number of likely N-dealkylation sites (N-methyl/N-ethyl adjacent to an activating group) is 1. The number of phenols is 1. The average Bonchev–Trinajstić information content (AvgIpc) is 2.52. The number of rotatable bonds is 5. The average molecular weight is 289 g/mol. The van der Waals surface area contributed by atoms with E-state index in [0.29, 0.717) is 17.9 Å². The fraction of sp³-hybridized carbons (Fsp3) is 0.562. The van der Waals surface area contributed by atoms with Gasteiger partial charge in [-0.2, -0.15) is 5.26 Å². The Hall–Kier alpha value is -1.77. The Balaban J connectivity index is 2.19. The molecule has 1 heterocycles. The maximum Gasteiger partial charge on any atom is 0.163 e. The minimum absolute atomic E-state index is 0.0869. The van der Waals surface area contributed by atoms with Gasteiger partial charge in [-0.05, 0) is 19.5 Å². The van der Waals surface area contributed by atoms with Gasteiger partial charge in [-0.25, -0.2) is 0 Å². The summed E-state index contributed by atoms with van der Waals surface area (Å²) in [5.74, 6) is 0.534. The molecule has 1 N–H and O–H groups in total. The molecule has 114 valence electrons. The minimum Gasteiger partial charge on any atom is -0.504 e. The summed E-state index contributed by atoms with van der Waals surface area (Å²) in [5.41, 5.74) is 0.633. The Kier molecular flexibility index (Phi) is 5.43. The first kappa shape index (κ1) is 15.6. The van der Waals surface area contributed by atoms with E-state index < -0.39 is 6.04 Å². The van der Waals surface area contributed by atoms with Gasteiger partial charge in [0.25, 0.3) is 0 Å². The molecule has 1 fully saturated rings. The van der Waals surface area contributed by atoms with Crippen LogP contribution in [-0.2, 0) is 0 Å². The molecule has 0 aliphatic carbocycles. The zero-order valence-corrected chi connectivity index (χ0v) is 12.7. The van der Waals surface area contributed by atoms with Gasteiger partial charge in [-0.1, -0.05) is 19.1 Å². The lowest BCUT2D eigenvalue weighted by molar-refractivity contribution is 0.117. The third kappa shape index (κ3) is 3.46. The molecule has 1 aromatic rings. The Morgan fingerprint density at radius 2 is 2.00 bits per heavy atom. The number of aromatic hydroxyl groups is 1. The van der Waals surface area contributed by atoms with Crippen LogP contribution in [0.15, 0.2) is 18.2 Å². The summed E-state index contributed by atoms with van der Waals surface area (Å²) < 4.78 is 5.41. The maximum absolute atomic E-state index is 10.3. The van der Waals surface area contributed by atoms with E-state index in [-0.39, 0.29) is 5.75 Å². The van der Waals surface area contributed by atoms with Gasteiger partial charge in [0.15, 0.2) is 11.5 Å². The largest absolute Gasteiger partial charge is 0.504 e. The molecule has 2 rings (SSSR count). The highest BCUT2D eigenvalue weighted by Gasteiger charge is 2.27. The van der Waals surface area contributed by atoms with Crippen LogP contribution in [0.1, 0.15) is 25.5 Å². The van der Waals surface area contributed by atoms with Crippen molar-refractivity contribution < 1.29 is 9.84 Å². The molecule has 0 amide bonds. The van der Waals surface area contributed by atoms with Gasteiger partial charge in [-0.3, -0.25) is 4.90 Å². The fourth-order valence-electron chi connectivity index (χ4n) is 2.72. The molecule has 1 aliphatic rings. The van der Waals surface area contributed by atoms with Crippen LogP contribution in [-0.4, -0.2) is 54.2 Å². The highest BCUT2D eigenvalue weighted by molar-refractivity contribution is 5.48. The number of ether oxygens (including phenoxy) is 1. The van der Waals surface area contributed by atoms with Crippen LogP contribution in [0.4, 0.5) is 0 Å². The summed E-state index contributed by atoms with van der Waals surface area (Å²) in [6, 6.07) is 7.25. The van der Waals surface area contributed by atoms with Crippen LogP contribution < -0.4 is 4.74 Å². The summed E-state index contributed by atoms with van der Waals surface area (Å²) in [5, 5.41) is 19.9. The van der Waals surface area contributed by atoms with Crippen molar-refractivity contribution in [3.63, 3.8) is 0 Å². The lowest BCUT2D eigenvalue weighted by atomic mass is 10.0. The summed E-state index contributed by atoms with van der Waals surface area (Å²) in [7, 11) is 0.